The number of carbonyl (C=O) groups is 2. The average molecular weight is 284 g/mol. The molecule has 0 spiro atoms. The van der Waals surface area contributed by atoms with Gasteiger partial charge in [-0.25, -0.2) is 0 Å². The molecule has 0 radical (unpaired) electrons. The van der Waals surface area contributed by atoms with Gasteiger partial charge in [0, 0.05) is 37.6 Å². The topological polar surface area (TPSA) is 78.5 Å². The summed E-state index contributed by atoms with van der Waals surface area (Å²) in [7, 11) is 0. The Kier molecular flexibility index (Phi) is 8.26. The minimum absolute atomic E-state index is 0.146. The smallest absolute Gasteiger partial charge is 0.223 e. The van der Waals surface area contributed by atoms with Gasteiger partial charge in [-0.2, -0.15) is 0 Å². The molecule has 1 aliphatic rings. The molecule has 1 saturated carbocycles. The summed E-state index contributed by atoms with van der Waals surface area (Å²) in [5.74, 6) is -2.28. The monoisotopic (exact) mass is 284 g/mol. The summed E-state index contributed by atoms with van der Waals surface area (Å²) in [6.07, 6.45) is 5.93. The zero-order valence-corrected chi connectivity index (χ0v) is 12.4. The Bertz CT molecular complexity index is 306. The second kappa shape index (κ2) is 9.75. The van der Waals surface area contributed by atoms with Gasteiger partial charge in [-0.1, -0.05) is 26.2 Å². The molecule has 1 fully saturated rings. The Morgan fingerprint density at radius 2 is 1.80 bits per heavy atom. The predicted molar refractivity (Wildman–Crippen MR) is 73.8 cm³/mol. The Labute approximate surface area is 121 Å². The number of rotatable bonds is 9. The number of aliphatic carboxylic acids is 1. The van der Waals surface area contributed by atoms with Crippen LogP contribution in [0, 0.1) is 11.8 Å². The summed E-state index contributed by atoms with van der Waals surface area (Å²) in [6.45, 7) is 4.05. The van der Waals surface area contributed by atoms with E-state index < -0.39 is 17.8 Å². The van der Waals surface area contributed by atoms with Crippen molar-refractivity contribution in [3.8, 4) is 0 Å². The van der Waals surface area contributed by atoms with Crippen molar-refractivity contribution in [3.05, 3.63) is 0 Å². The van der Waals surface area contributed by atoms with E-state index in [0.29, 0.717) is 26.0 Å². The van der Waals surface area contributed by atoms with E-state index in [4.69, 9.17) is 4.74 Å². The molecule has 0 saturated heterocycles. The number of amides is 1. The minimum Gasteiger partial charge on any atom is -0.550 e. The second-order valence-corrected chi connectivity index (χ2v) is 5.43. The van der Waals surface area contributed by atoms with Crippen molar-refractivity contribution in [2.24, 2.45) is 11.8 Å². The van der Waals surface area contributed by atoms with Crippen LogP contribution in [-0.4, -0.2) is 31.6 Å². The first-order valence-electron chi connectivity index (χ1n) is 7.73. The third kappa shape index (κ3) is 5.90. The molecular formula is C15H26NO4-. The lowest BCUT2D eigenvalue weighted by molar-refractivity contribution is -0.314. The summed E-state index contributed by atoms with van der Waals surface area (Å²) in [5.41, 5.74) is 0. The fourth-order valence-corrected chi connectivity index (χ4v) is 2.59. The molecule has 0 aromatic heterocycles. The molecule has 20 heavy (non-hydrogen) atoms. The van der Waals surface area contributed by atoms with Crippen molar-refractivity contribution in [2.75, 3.05) is 19.8 Å². The molecule has 0 aromatic rings. The molecule has 0 unspecified atom stereocenters. The van der Waals surface area contributed by atoms with Crippen LogP contribution in [0.5, 0.6) is 0 Å². The van der Waals surface area contributed by atoms with Gasteiger partial charge in [0.15, 0.2) is 0 Å². The van der Waals surface area contributed by atoms with Crippen molar-refractivity contribution in [3.63, 3.8) is 0 Å². The van der Waals surface area contributed by atoms with Gasteiger partial charge in [-0.05, 0) is 25.7 Å². The molecule has 2 atom stereocenters. The Balaban J connectivity index is 2.19. The van der Waals surface area contributed by atoms with Crippen molar-refractivity contribution in [1.82, 2.24) is 5.32 Å². The fraction of sp³-hybridized carbons (Fsp3) is 0.867. The summed E-state index contributed by atoms with van der Waals surface area (Å²) in [4.78, 5) is 23.0. The van der Waals surface area contributed by atoms with Crippen LogP contribution < -0.4 is 10.4 Å². The number of carbonyl (C=O) groups excluding carboxylic acids is 2. The third-order valence-electron chi connectivity index (χ3n) is 3.81. The van der Waals surface area contributed by atoms with Gasteiger partial charge < -0.3 is 20.0 Å². The van der Waals surface area contributed by atoms with Gasteiger partial charge in [0.1, 0.15) is 0 Å². The molecule has 1 aliphatic carbocycles. The lowest BCUT2D eigenvalue weighted by Gasteiger charge is -2.31. The normalized spacial score (nSPS) is 22.4. The minimum atomic E-state index is -1.09. The van der Waals surface area contributed by atoms with Crippen LogP contribution in [0.25, 0.3) is 0 Å². The number of carboxylic acids is 1. The highest BCUT2D eigenvalue weighted by atomic mass is 16.5. The summed E-state index contributed by atoms with van der Waals surface area (Å²) < 4.78 is 5.41. The first-order valence-corrected chi connectivity index (χ1v) is 7.73. The van der Waals surface area contributed by atoms with Crippen LogP contribution in [-0.2, 0) is 14.3 Å². The van der Waals surface area contributed by atoms with Gasteiger partial charge in [-0.3, -0.25) is 4.79 Å². The number of unbranched alkanes of at least 4 members (excludes halogenated alkanes) is 1. The third-order valence-corrected chi connectivity index (χ3v) is 3.81. The molecule has 5 heteroatoms. The zero-order valence-electron chi connectivity index (χ0n) is 12.4. The maximum Gasteiger partial charge on any atom is 0.223 e. The first kappa shape index (κ1) is 17.0. The highest BCUT2D eigenvalue weighted by molar-refractivity contribution is 5.84. The van der Waals surface area contributed by atoms with E-state index in [1.165, 1.54) is 0 Å². The van der Waals surface area contributed by atoms with E-state index in [2.05, 4.69) is 12.2 Å². The molecule has 5 nitrogen and oxygen atoms in total. The maximum atomic E-state index is 12.0. The van der Waals surface area contributed by atoms with Gasteiger partial charge >= 0.3 is 0 Å². The first-order chi connectivity index (χ1) is 9.66. The molecule has 1 rings (SSSR count). The van der Waals surface area contributed by atoms with Gasteiger partial charge in [0.05, 0.1) is 0 Å². The lowest BCUT2D eigenvalue weighted by Crippen LogP contribution is -2.44. The number of nitrogens with one attached hydrogen (secondary N) is 1. The van der Waals surface area contributed by atoms with Crippen LogP contribution >= 0.6 is 0 Å². The maximum absolute atomic E-state index is 12.0. The van der Waals surface area contributed by atoms with E-state index in [9.17, 15) is 14.7 Å². The molecule has 0 bridgehead atoms. The second-order valence-electron chi connectivity index (χ2n) is 5.43. The van der Waals surface area contributed by atoms with E-state index in [1.807, 2.05) is 0 Å². The Morgan fingerprint density at radius 1 is 1.15 bits per heavy atom. The van der Waals surface area contributed by atoms with Crippen molar-refractivity contribution < 1.29 is 19.4 Å². The fourth-order valence-electron chi connectivity index (χ4n) is 2.59. The van der Waals surface area contributed by atoms with Crippen LogP contribution in [0.15, 0.2) is 0 Å². The molecule has 1 amide bonds. The van der Waals surface area contributed by atoms with Crippen LogP contribution in [0.1, 0.15) is 51.9 Å². The van der Waals surface area contributed by atoms with E-state index in [1.54, 1.807) is 0 Å². The van der Waals surface area contributed by atoms with Crippen molar-refractivity contribution in [1.29, 1.82) is 0 Å². The highest BCUT2D eigenvalue weighted by Crippen LogP contribution is 2.29. The number of ether oxygens (including phenoxy) is 1. The average Bonchev–Trinajstić information content (AvgIpc) is 2.46. The van der Waals surface area contributed by atoms with Gasteiger partial charge in [0.2, 0.25) is 5.91 Å². The molecule has 1 N–H and O–H groups in total. The number of hydrogen-bond donors (Lipinski definition) is 1. The van der Waals surface area contributed by atoms with Crippen molar-refractivity contribution >= 4 is 11.9 Å². The van der Waals surface area contributed by atoms with E-state index >= 15 is 0 Å². The largest absolute Gasteiger partial charge is 0.550 e. The zero-order chi connectivity index (χ0) is 14.8. The van der Waals surface area contributed by atoms with Gasteiger partial charge in [0.25, 0.3) is 0 Å². The van der Waals surface area contributed by atoms with Crippen LogP contribution in [0.3, 0.4) is 0 Å². The summed E-state index contributed by atoms with van der Waals surface area (Å²) in [6, 6.07) is 0. The molecule has 0 aromatic carbocycles. The van der Waals surface area contributed by atoms with E-state index in [0.717, 1.165) is 38.7 Å². The number of carboxylic acid groups (broad SMARTS) is 1. The summed E-state index contributed by atoms with van der Waals surface area (Å²) >= 11 is 0. The SMILES string of the molecule is CCCCOCCCNC(=O)[C@@H]1CCCC[C@@H]1C(=O)[O-]. The predicted octanol–water partition coefficient (Wildman–Crippen LogP) is 0.866. The summed E-state index contributed by atoms with van der Waals surface area (Å²) in [5, 5.41) is 13.9. The molecule has 0 aliphatic heterocycles. The standard InChI is InChI=1S/C15H27NO4/c1-2-3-10-20-11-6-9-16-14(17)12-7-4-5-8-13(12)15(18)19/h12-13H,2-11H2,1H3,(H,16,17)(H,18,19)/p-1/t12-,13+/m1/s1. The molecule has 0 heterocycles. The lowest BCUT2D eigenvalue weighted by atomic mass is 9.79. The van der Waals surface area contributed by atoms with Crippen LogP contribution in [0.2, 0.25) is 0 Å². The molecular weight excluding hydrogens is 258 g/mol. The number of hydrogen-bond acceptors (Lipinski definition) is 4. The Hall–Kier alpha value is -1.10. The van der Waals surface area contributed by atoms with E-state index in [-0.39, 0.29) is 5.91 Å². The Morgan fingerprint density at radius 3 is 2.45 bits per heavy atom. The quantitative estimate of drug-likeness (QED) is 0.637. The van der Waals surface area contributed by atoms with Crippen LogP contribution in [0.4, 0.5) is 0 Å². The highest BCUT2D eigenvalue weighted by Gasteiger charge is 2.31. The molecule has 116 valence electrons. The van der Waals surface area contributed by atoms with Crippen molar-refractivity contribution in [2.45, 2.75) is 51.9 Å². The van der Waals surface area contributed by atoms with Gasteiger partial charge in [-0.15, -0.1) is 0 Å².